The second kappa shape index (κ2) is 4.87. The molecule has 0 aliphatic carbocycles. The summed E-state index contributed by atoms with van der Waals surface area (Å²) in [5, 5.41) is 4.41. The van der Waals surface area contributed by atoms with E-state index in [-0.39, 0.29) is 5.54 Å². The molecule has 1 heterocycles. The molecule has 0 spiro atoms. The molecule has 1 aliphatic rings. The first-order valence-electron chi connectivity index (χ1n) is 6.29. The molecular formula is C14H21ClN2. The first kappa shape index (κ1) is 12.7. The Bertz CT molecular complexity index is 390. The third-order valence-corrected chi connectivity index (χ3v) is 3.67. The molecule has 1 saturated heterocycles. The van der Waals surface area contributed by atoms with Gasteiger partial charge in [-0.2, -0.15) is 0 Å². The molecule has 0 aromatic heterocycles. The van der Waals surface area contributed by atoms with E-state index in [1.165, 1.54) is 5.69 Å². The van der Waals surface area contributed by atoms with Gasteiger partial charge < -0.3 is 10.2 Å². The van der Waals surface area contributed by atoms with Gasteiger partial charge in [-0.3, -0.25) is 0 Å². The molecule has 0 radical (unpaired) electrons. The average Bonchev–Trinajstić information content (AvgIpc) is 2.28. The minimum absolute atomic E-state index is 0.161. The van der Waals surface area contributed by atoms with E-state index in [1.807, 2.05) is 12.1 Å². The molecule has 0 saturated carbocycles. The van der Waals surface area contributed by atoms with Crippen molar-refractivity contribution in [2.45, 2.75) is 38.8 Å². The molecule has 0 amide bonds. The van der Waals surface area contributed by atoms with Crippen LogP contribution in [0.1, 0.15) is 27.2 Å². The molecule has 1 aliphatic heterocycles. The maximum Gasteiger partial charge on any atom is 0.0426 e. The number of nitrogens with one attached hydrogen (secondary N) is 1. The van der Waals surface area contributed by atoms with Crippen molar-refractivity contribution in [3.8, 4) is 0 Å². The standard InChI is InChI=1S/C14H21ClN2/c1-4-12-9-16-14(2,3)10-17(12)13-7-5-6-11(15)8-13/h5-8,12,16H,4,9-10H2,1-3H3. The molecule has 17 heavy (non-hydrogen) atoms. The normalized spacial score (nSPS) is 23.8. The Hall–Kier alpha value is -0.730. The third kappa shape index (κ3) is 2.93. The summed E-state index contributed by atoms with van der Waals surface area (Å²) in [4.78, 5) is 2.47. The first-order chi connectivity index (χ1) is 8.02. The van der Waals surface area contributed by atoms with Crippen LogP contribution in [0.4, 0.5) is 5.69 Å². The molecule has 94 valence electrons. The zero-order chi connectivity index (χ0) is 12.5. The third-order valence-electron chi connectivity index (χ3n) is 3.43. The topological polar surface area (TPSA) is 15.3 Å². The summed E-state index contributed by atoms with van der Waals surface area (Å²) in [5.74, 6) is 0. The molecule has 1 aromatic rings. The molecule has 1 atom stereocenters. The highest BCUT2D eigenvalue weighted by Gasteiger charge is 2.31. The van der Waals surface area contributed by atoms with Crippen LogP contribution in [0.5, 0.6) is 0 Å². The monoisotopic (exact) mass is 252 g/mol. The van der Waals surface area contributed by atoms with E-state index in [4.69, 9.17) is 11.6 Å². The van der Waals surface area contributed by atoms with E-state index in [0.29, 0.717) is 6.04 Å². The fraction of sp³-hybridized carbons (Fsp3) is 0.571. The van der Waals surface area contributed by atoms with Crippen molar-refractivity contribution in [2.75, 3.05) is 18.0 Å². The smallest absolute Gasteiger partial charge is 0.0426 e. The van der Waals surface area contributed by atoms with E-state index < -0.39 is 0 Å². The van der Waals surface area contributed by atoms with Crippen molar-refractivity contribution in [3.05, 3.63) is 29.3 Å². The van der Waals surface area contributed by atoms with Crippen LogP contribution in [0.15, 0.2) is 24.3 Å². The van der Waals surface area contributed by atoms with Gasteiger partial charge in [-0.05, 0) is 38.5 Å². The van der Waals surface area contributed by atoms with Gasteiger partial charge >= 0.3 is 0 Å². The van der Waals surface area contributed by atoms with Crippen LogP contribution in [-0.4, -0.2) is 24.7 Å². The van der Waals surface area contributed by atoms with E-state index in [2.05, 4.69) is 43.1 Å². The molecule has 1 unspecified atom stereocenters. The average molecular weight is 253 g/mol. The zero-order valence-electron chi connectivity index (χ0n) is 10.8. The maximum absolute atomic E-state index is 6.08. The van der Waals surface area contributed by atoms with Crippen LogP contribution >= 0.6 is 11.6 Å². The van der Waals surface area contributed by atoms with Crippen LogP contribution in [0, 0.1) is 0 Å². The lowest BCUT2D eigenvalue weighted by molar-refractivity contribution is 0.306. The summed E-state index contributed by atoms with van der Waals surface area (Å²) in [5.41, 5.74) is 1.40. The predicted octanol–water partition coefficient (Wildman–Crippen LogP) is 3.31. The Labute approximate surface area is 109 Å². The number of piperazine rings is 1. The highest BCUT2D eigenvalue weighted by atomic mass is 35.5. The quantitative estimate of drug-likeness (QED) is 0.869. The lowest BCUT2D eigenvalue weighted by Gasteiger charge is -2.45. The fourth-order valence-corrected chi connectivity index (χ4v) is 2.62. The van der Waals surface area contributed by atoms with Crippen LogP contribution in [0.2, 0.25) is 5.02 Å². The number of rotatable bonds is 2. The maximum atomic E-state index is 6.08. The van der Waals surface area contributed by atoms with Crippen molar-refractivity contribution >= 4 is 17.3 Å². The van der Waals surface area contributed by atoms with Crippen LogP contribution in [0.3, 0.4) is 0 Å². The number of hydrogen-bond donors (Lipinski definition) is 1. The van der Waals surface area contributed by atoms with Gasteiger partial charge in [0.25, 0.3) is 0 Å². The zero-order valence-corrected chi connectivity index (χ0v) is 11.6. The minimum atomic E-state index is 0.161. The van der Waals surface area contributed by atoms with Crippen molar-refractivity contribution in [2.24, 2.45) is 0 Å². The predicted molar refractivity (Wildman–Crippen MR) is 75.0 cm³/mol. The summed E-state index contributed by atoms with van der Waals surface area (Å²) < 4.78 is 0. The first-order valence-corrected chi connectivity index (χ1v) is 6.67. The van der Waals surface area contributed by atoms with Gasteiger partial charge in [-0.1, -0.05) is 24.6 Å². The van der Waals surface area contributed by atoms with Gasteiger partial charge in [0.15, 0.2) is 0 Å². The Kier molecular flexibility index (Phi) is 3.64. The summed E-state index contributed by atoms with van der Waals surface area (Å²) >= 11 is 6.08. The van der Waals surface area contributed by atoms with Gasteiger partial charge in [0.2, 0.25) is 0 Å². The van der Waals surface area contributed by atoms with Crippen molar-refractivity contribution in [3.63, 3.8) is 0 Å². The van der Waals surface area contributed by atoms with Gasteiger partial charge in [-0.25, -0.2) is 0 Å². The summed E-state index contributed by atoms with van der Waals surface area (Å²) in [6.07, 6.45) is 1.15. The molecule has 1 fully saturated rings. The second-order valence-corrected chi connectivity index (χ2v) is 5.87. The van der Waals surface area contributed by atoms with Gasteiger partial charge in [0.05, 0.1) is 0 Å². The molecule has 3 heteroatoms. The van der Waals surface area contributed by atoms with Gasteiger partial charge in [-0.15, -0.1) is 0 Å². The van der Waals surface area contributed by atoms with Crippen molar-refractivity contribution in [1.82, 2.24) is 5.32 Å². The number of halogens is 1. The van der Waals surface area contributed by atoms with Gasteiger partial charge in [0.1, 0.15) is 0 Å². The Morgan fingerprint density at radius 1 is 1.47 bits per heavy atom. The molecular weight excluding hydrogens is 232 g/mol. The highest BCUT2D eigenvalue weighted by molar-refractivity contribution is 6.30. The summed E-state index contributed by atoms with van der Waals surface area (Å²) in [7, 11) is 0. The second-order valence-electron chi connectivity index (χ2n) is 5.43. The molecule has 0 bridgehead atoms. The SMILES string of the molecule is CCC1CNC(C)(C)CN1c1cccc(Cl)c1. The molecule has 2 nitrogen and oxygen atoms in total. The highest BCUT2D eigenvalue weighted by Crippen LogP contribution is 2.26. The summed E-state index contributed by atoms with van der Waals surface area (Å²) in [6.45, 7) is 8.79. The Balaban J connectivity index is 2.26. The fourth-order valence-electron chi connectivity index (χ4n) is 2.44. The molecule has 2 rings (SSSR count). The minimum Gasteiger partial charge on any atom is -0.365 e. The Morgan fingerprint density at radius 2 is 2.24 bits per heavy atom. The number of benzene rings is 1. The molecule has 1 N–H and O–H groups in total. The van der Waals surface area contributed by atoms with E-state index >= 15 is 0 Å². The Morgan fingerprint density at radius 3 is 2.88 bits per heavy atom. The van der Waals surface area contributed by atoms with Crippen LogP contribution in [-0.2, 0) is 0 Å². The largest absolute Gasteiger partial charge is 0.365 e. The van der Waals surface area contributed by atoms with Crippen LogP contribution in [0.25, 0.3) is 0 Å². The van der Waals surface area contributed by atoms with Crippen LogP contribution < -0.4 is 10.2 Å². The van der Waals surface area contributed by atoms with E-state index in [0.717, 1.165) is 24.5 Å². The van der Waals surface area contributed by atoms with E-state index in [9.17, 15) is 0 Å². The number of anilines is 1. The van der Waals surface area contributed by atoms with Crippen molar-refractivity contribution < 1.29 is 0 Å². The van der Waals surface area contributed by atoms with Gasteiger partial charge in [0, 0.05) is 35.4 Å². The lowest BCUT2D eigenvalue weighted by Crippen LogP contribution is -2.61. The van der Waals surface area contributed by atoms with Crippen molar-refractivity contribution in [1.29, 1.82) is 0 Å². The number of nitrogens with zero attached hydrogens (tertiary/aromatic N) is 1. The van der Waals surface area contributed by atoms with E-state index in [1.54, 1.807) is 0 Å². The summed E-state index contributed by atoms with van der Waals surface area (Å²) in [6, 6.07) is 8.72. The molecule has 1 aromatic carbocycles. The number of hydrogen-bond acceptors (Lipinski definition) is 2. The lowest BCUT2D eigenvalue weighted by atomic mass is 9.97.